The van der Waals surface area contributed by atoms with Gasteiger partial charge in [-0.05, 0) is 22.8 Å². The van der Waals surface area contributed by atoms with Gasteiger partial charge in [-0.3, -0.25) is 5.01 Å². The highest BCUT2D eigenvalue weighted by Crippen LogP contribution is 2.40. The molecule has 6 heteroatoms. The molecule has 2 aliphatic heterocycles. The number of alkyl halides is 3. The lowest BCUT2D eigenvalue weighted by Crippen LogP contribution is -2.41. The van der Waals surface area contributed by atoms with Crippen molar-refractivity contribution in [2.45, 2.75) is 12.2 Å². The molecule has 0 saturated carbocycles. The smallest absolute Gasteiger partial charge is 0.312 e. The Kier molecular flexibility index (Phi) is 4.74. The second-order valence-electron chi connectivity index (χ2n) is 6.87. The van der Waals surface area contributed by atoms with Crippen molar-refractivity contribution in [2.75, 3.05) is 19.6 Å². The van der Waals surface area contributed by atoms with Crippen molar-refractivity contribution in [3.63, 3.8) is 0 Å². The number of fused-ring (bicyclic) bond motifs is 1. The number of hydrogen-bond donors (Lipinski definition) is 1. The normalized spacial score (nSPS) is 24.0. The Morgan fingerprint density at radius 1 is 1.04 bits per heavy atom. The average molecular weight is 371 g/mol. The number of rotatable bonds is 3. The SMILES string of the molecule is FC(F)(F)CN1N=C2C(=Cc3ccccc3)CNCC2C1c1ccccc1. The topological polar surface area (TPSA) is 27.6 Å². The summed E-state index contributed by atoms with van der Waals surface area (Å²) < 4.78 is 39.5. The molecule has 0 aliphatic carbocycles. The van der Waals surface area contributed by atoms with Gasteiger partial charge in [0.25, 0.3) is 0 Å². The highest BCUT2D eigenvalue weighted by atomic mass is 19.4. The number of nitrogens with one attached hydrogen (secondary N) is 1. The van der Waals surface area contributed by atoms with Gasteiger partial charge in [-0.25, -0.2) is 0 Å². The molecule has 0 amide bonds. The van der Waals surface area contributed by atoms with Crippen molar-refractivity contribution in [3.8, 4) is 0 Å². The summed E-state index contributed by atoms with van der Waals surface area (Å²) in [5, 5.41) is 9.01. The van der Waals surface area contributed by atoms with E-state index < -0.39 is 18.8 Å². The molecule has 0 spiro atoms. The number of hydrogen-bond acceptors (Lipinski definition) is 3. The molecule has 1 fully saturated rings. The van der Waals surface area contributed by atoms with Gasteiger partial charge in [-0.1, -0.05) is 60.7 Å². The summed E-state index contributed by atoms with van der Waals surface area (Å²) in [6, 6.07) is 18.7. The van der Waals surface area contributed by atoms with Crippen LogP contribution in [0.5, 0.6) is 0 Å². The molecule has 0 aromatic heterocycles. The van der Waals surface area contributed by atoms with Crippen LogP contribution in [0.2, 0.25) is 0 Å². The fourth-order valence-corrected chi connectivity index (χ4v) is 3.84. The number of piperidine rings is 1. The molecule has 1 saturated heterocycles. The van der Waals surface area contributed by atoms with Gasteiger partial charge in [0.1, 0.15) is 6.54 Å². The predicted octanol–water partition coefficient (Wildman–Crippen LogP) is 4.26. The fraction of sp³-hybridized carbons (Fsp3) is 0.286. The molecular weight excluding hydrogens is 351 g/mol. The first kappa shape index (κ1) is 17.8. The first-order chi connectivity index (χ1) is 13.0. The molecule has 3 nitrogen and oxygen atoms in total. The summed E-state index contributed by atoms with van der Waals surface area (Å²) in [5.41, 5.74) is 3.58. The summed E-state index contributed by atoms with van der Waals surface area (Å²) in [6.07, 6.45) is -2.29. The lowest BCUT2D eigenvalue weighted by atomic mass is 9.84. The molecule has 4 rings (SSSR count). The summed E-state index contributed by atoms with van der Waals surface area (Å²) >= 11 is 0. The molecule has 27 heavy (non-hydrogen) atoms. The highest BCUT2D eigenvalue weighted by Gasteiger charge is 2.45. The van der Waals surface area contributed by atoms with Crippen molar-refractivity contribution in [2.24, 2.45) is 11.0 Å². The maximum Gasteiger partial charge on any atom is 0.407 e. The lowest BCUT2D eigenvalue weighted by molar-refractivity contribution is -0.150. The van der Waals surface area contributed by atoms with Crippen LogP contribution in [0.4, 0.5) is 13.2 Å². The summed E-state index contributed by atoms with van der Waals surface area (Å²) in [4.78, 5) is 0. The van der Waals surface area contributed by atoms with Gasteiger partial charge in [0.05, 0.1) is 11.8 Å². The zero-order valence-electron chi connectivity index (χ0n) is 14.7. The molecule has 0 bridgehead atoms. The minimum absolute atomic E-state index is 0.113. The Morgan fingerprint density at radius 3 is 2.37 bits per heavy atom. The molecule has 2 unspecified atom stereocenters. The van der Waals surface area contributed by atoms with Crippen LogP contribution in [0, 0.1) is 5.92 Å². The van der Waals surface area contributed by atoms with Crippen LogP contribution in [0.1, 0.15) is 17.2 Å². The van der Waals surface area contributed by atoms with E-state index in [1.54, 1.807) is 0 Å². The van der Waals surface area contributed by atoms with E-state index >= 15 is 0 Å². The van der Waals surface area contributed by atoms with Gasteiger partial charge in [-0.2, -0.15) is 18.3 Å². The zero-order chi connectivity index (χ0) is 18.9. The Labute approximate surface area is 156 Å². The first-order valence-corrected chi connectivity index (χ1v) is 8.95. The van der Waals surface area contributed by atoms with Crippen LogP contribution in [0.15, 0.2) is 71.3 Å². The van der Waals surface area contributed by atoms with Gasteiger partial charge in [0.2, 0.25) is 0 Å². The van der Waals surface area contributed by atoms with Crippen molar-refractivity contribution in [1.29, 1.82) is 0 Å². The molecule has 2 atom stereocenters. The summed E-state index contributed by atoms with van der Waals surface area (Å²) in [5.74, 6) is -0.113. The van der Waals surface area contributed by atoms with Crippen LogP contribution in [0.3, 0.4) is 0 Å². The lowest BCUT2D eigenvalue weighted by Gasteiger charge is -2.31. The standard InChI is InChI=1S/C21H20F3N3/c22-21(23,24)14-27-20(16-9-5-2-6-10-16)18-13-25-12-17(19(18)26-27)11-15-7-3-1-4-8-15/h1-11,18,20,25H,12-14H2. The van der Waals surface area contributed by atoms with Crippen LogP contribution >= 0.6 is 0 Å². The average Bonchev–Trinajstić information content (AvgIpc) is 3.00. The monoisotopic (exact) mass is 371 g/mol. The minimum Gasteiger partial charge on any atom is -0.312 e. The van der Waals surface area contributed by atoms with Gasteiger partial charge in [0.15, 0.2) is 0 Å². The highest BCUT2D eigenvalue weighted by molar-refractivity contribution is 6.07. The molecule has 0 radical (unpaired) electrons. The van der Waals surface area contributed by atoms with Crippen LogP contribution in [0.25, 0.3) is 6.08 Å². The Morgan fingerprint density at radius 2 is 1.70 bits per heavy atom. The summed E-state index contributed by atoms with van der Waals surface area (Å²) in [6.45, 7) is 0.162. The van der Waals surface area contributed by atoms with E-state index in [-0.39, 0.29) is 5.92 Å². The van der Waals surface area contributed by atoms with E-state index in [1.807, 2.05) is 66.7 Å². The zero-order valence-corrected chi connectivity index (χ0v) is 14.7. The van der Waals surface area contributed by atoms with Crippen LogP contribution < -0.4 is 5.32 Å². The van der Waals surface area contributed by atoms with E-state index in [1.165, 1.54) is 5.01 Å². The third-order valence-corrected chi connectivity index (χ3v) is 4.92. The van der Waals surface area contributed by atoms with Crippen molar-refractivity contribution < 1.29 is 13.2 Å². The van der Waals surface area contributed by atoms with E-state index in [9.17, 15) is 13.2 Å². The van der Waals surface area contributed by atoms with Crippen LogP contribution in [-0.4, -0.2) is 36.5 Å². The third-order valence-electron chi connectivity index (χ3n) is 4.92. The quantitative estimate of drug-likeness (QED) is 0.873. The van der Waals surface area contributed by atoms with E-state index in [0.717, 1.165) is 22.4 Å². The minimum atomic E-state index is -4.30. The number of halogens is 3. The largest absolute Gasteiger partial charge is 0.407 e. The molecule has 140 valence electrons. The fourth-order valence-electron chi connectivity index (χ4n) is 3.84. The maximum atomic E-state index is 13.2. The Bertz CT molecular complexity index is 844. The predicted molar refractivity (Wildman–Crippen MR) is 100 cm³/mol. The first-order valence-electron chi connectivity index (χ1n) is 8.95. The van der Waals surface area contributed by atoms with E-state index in [4.69, 9.17) is 0 Å². The molecule has 2 aromatic rings. The van der Waals surface area contributed by atoms with Gasteiger partial charge in [-0.15, -0.1) is 0 Å². The second-order valence-corrected chi connectivity index (χ2v) is 6.87. The summed E-state index contributed by atoms with van der Waals surface area (Å²) in [7, 11) is 0. The van der Waals surface area contributed by atoms with E-state index in [2.05, 4.69) is 10.4 Å². The molecule has 2 aromatic carbocycles. The van der Waals surface area contributed by atoms with Gasteiger partial charge >= 0.3 is 6.18 Å². The van der Waals surface area contributed by atoms with Crippen molar-refractivity contribution in [3.05, 3.63) is 77.4 Å². The molecule has 2 heterocycles. The van der Waals surface area contributed by atoms with Crippen molar-refractivity contribution >= 4 is 11.8 Å². The molecular formula is C21H20F3N3. The maximum absolute atomic E-state index is 13.2. The van der Waals surface area contributed by atoms with Gasteiger partial charge < -0.3 is 5.32 Å². The number of benzene rings is 2. The van der Waals surface area contributed by atoms with Crippen LogP contribution in [-0.2, 0) is 0 Å². The second kappa shape index (κ2) is 7.19. The van der Waals surface area contributed by atoms with E-state index in [0.29, 0.717) is 13.1 Å². The third kappa shape index (κ3) is 3.90. The number of nitrogens with zero attached hydrogens (tertiary/aromatic N) is 2. The molecule has 1 N–H and O–H groups in total. The Balaban J connectivity index is 1.72. The Hall–Kier alpha value is -2.60. The van der Waals surface area contributed by atoms with Crippen molar-refractivity contribution in [1.82, 2.24) is 10.3 Å². The number of hydrazone groups is 1. The molecule has 2 aliphatic rings. The van der Waals surface area contributed by atoms with Gasteiger partial charge in [0, 0.05) is 19.0 Å².